The third-order valence-electron chi connectivity index (χ3n) is 2.89. The lowest BCUT2D eigenvalue weighted by molar-refractivity contribution is 0.553. The van der Waals surface area contributed by atoms with Gasteiger partial charge in [-0.15, -0.1) is 0 Å². The summed E-state index contributed by atoms with van der Waals surface area (Å²) >= 11 is 0. The van der Waals surface area contributed by atoms with Gasteiger partial charge in [-0.25, -0.2) is 0 Å². The maximum Gasteiger partial charge on any atom is 0.0756 e. The molecule has 3 atom stereocenters. The highest BCUT2D eigenvalue weighted by molar-refractivity contribution is 5.08. The number of nitrogens with zero attached hydrogens (tertiary/aromatic N) is 2. The summed E-state index contributed by atoms with van der Waals surface area (Å²) < 4.78 is 0. The zero-order valence-electron chi connectivity index (χ0n) is 7.85. The first-order valence-electron chi connectivity index (χ1n) is 4.84. The summed E-state index contributed by atoms with van der Waals surface area (Å²) in [5.41, 5.74) is 7.00. The third-order valence-corrected chi connectivity index (χ3v) is 2.89. The van der Waals surface area contributed by atoms with Gasteiger partial charge in [-0.05, 0) is 18.3 Å². The van der Waals surface area contributed by atoms with Crippen molar-refractivity contribution in [1.82, 2.24) is 9.97 Å². The van der Waals surface area contributed by atoms with Crippen LogP contribution in [0.4, 0.5) is 0 Å². The SMILES string of the molecule is CC[C@@H]1C[C@H]1C(N)c1cnccn1. The van der Waals surface area contributed by atoms with E-state index in [4.69, 9.17) is 5.73 Å². The summed E-state index contributed by atoms with van der Waals surface area (Å²) in [6, 6.07) is 0.0960. The fraction of sp³-hybridized carbons (Fsp3) is 0.600. The second kappa shape index (κ2) is 3.42. The van der Waals surface area contributed by atoms with E-state index in [0.717, 1.165) is 11.6 Å². The Labute approximate surface area is 78.4 Å². The largest absolute Gasteiger partial charge is 0.322 e. The fourth-order valence-electron chi connectivity index (χ4n) is 1.88. The van der Waals surface area contributed by atoms with Crippen LogP contribution in [-0.4, -0.2) is 9.97 Å². The van der Waals surface area contributed by atoms with Crippen LogP contribution in [0.3, 0.4) is 0 Å². The van der Waals surface area contributed by atoms with E-state index in [0.29, 0.717) is 5.92 Å². The van der Waals surface area contributed by atoms with Gasteiger partial charge in [-0.1, -0.05) is 13.3 Å². The maximum atomic E-state index is 6.06. The molecule has 0 aromatic carbocycles. The zero-order chi connectivity index (χ0) is 9.26. The van der Waals surface area contributed by atoms with Gasteiger partial charge in [0.25, 0.3) is 0 Å². The second-order valence-electron chi connectivity index (χ2n) is 3.72. The third kappa shape index (κ3) is 1.70. The van der Waals surface area contributed by atoms with Crippen LogP contribution in [0.15, 0.2) is 18.6 Å². The monoisotopic (exact) mass is 177 g/mol. The van der Waals surface area contributed by atoms with Crippen molar-refractivity contribution in [3.63, 3.8) is 0 Å². The van der Waals surface area contributed by atoms with Gasteiger partial charge in [0.2, 0.25) is 0 Å². The van der Waals surface area contributed by atoms with Crippen molar-refractivity contribution < 1.29 is 0 Å². The topological polar surface area (TPSA) is 51.8 Å². The molecule has 0 saturated heterocycles. The summed E-state index contributed by atoms with van der Waals surface area (Å²) in [5, 5.41) is 0. The molecule has 3 heteroatoms. The number of nitrogens with two attached hydrogens (primary N) is 1. The highest BCUT2D eigenvalue weighted by Gasteiger charge is 2.40. The van der Waals surface area contributed by atoms with Crippen LogP contribution in [0.25, 0.3) is 0 Å². The average molecular weight is 177 g/mol. The minimum atomic E-state index is 0.0960. The van der Waals surface area contributed by atoms with Crippen LogP contribution in [-0.2, 0) is 0 Å². The smallest absolute Gasteiger partial charge is 0.0756 e. The quantitative estimate of drug-likeness (QED) is 0.761. The Morgan fingerprint density at radius 2 is 2.46 bits per heavy atom. The molecule has 2 rings (SSSR count). The molecule has 1 aliphatic carbocycles. The molecule has 1 aromatic rings. The maximum absolute atomic E-state index is 6.06. The average Bonchev–Trinajstić information content (AvgIpc) is 2.97. The van der Waals surface area contributed by atoms with Crippen molar-refractivity contribution in [2.24, 2.45) is 17.6 Å². The van der Waals surface area contributed by atoms with E-state index in [1.807, 2.05) is 0 Å². The van der Waals surface area contributed by atoms with Gasteiger partial charge in [0.05, 0.1) is 11.7 Å². The van der Waals surface area contributed by atoms with Crippen LogP contribution in [0, 0.1) is 11.8 Å². The Morgan fingerprint density at radius 3 is 3.00 bits per heavy atom. The van der Waals surface area contributed by atoms with E-state index in [-0.39, 0.29) is 6.04 Å². The van der Waals surface area contributed by atoms with Crippen LogP contribution in [0.1, 0.15) is 31.5 Å². The first-order chi connectivity index (χ1) is 6.33. The molecule has 1 heterocycles. The molecule has 0 amide bonds. The summed E-state index contributed by atoms with van der Waals surface area (Å²) in [6.45, 7) is 2.22. The molecule has 1 fully saturated rings. The zero-order valence-corrected chi connectivity index (χ0v) is 7.85. The van der Waals surface area contributed by atoms with Crippen molar-refractivity contribution in [1.29, 1.82) is 0 Å². The molecule has 0 radical (unpaired) electrons. The summed E-state index contributed by atoms with van der Waals surface area (Å²) in [4.78, 5) is 8.25. The fourth-order valence-corrected chi connectivity index (χ4v) is 1.88. The van der Waals surface area contributed by atoms with Gasteiger partial charge in [0, 0.05) is 18.6 Å². The number of rotatable bonds is 3. The summed E-state index contributed by atoms with van der Waals surface area (Å²) in [6.07, 6.45) is 7.65. The van der Waals surface area contributed by atoms with Crippen LogP contribution in [0.5, 0.6) is 0 Å². The minimum Gasteiger partial charge on any atom is -0.322 e. The van der Waals surface area contributed by atoms with Crippen LogP contribution in [0.2, 0.25) is 0 Å². The lowest BCUT2D eigenvalue weighted by Gasteiger charge is -2.08. The normalized spacial score (nSPS) is 28.5. The van der Waals surface area contributed by atoms with Crippen molar-refractivity contribution in [3.05, 3.63) is 24.3 Å². The number of hydrogen-bond acceptors (Lipinski definition) is 3. The van der Waals surface area contributed by atoms with E-state index in [2.05, 4.69) is 16.9 Å². The summed E-state index contributed by atoms with van der Waals surface area (Å²) in [5.74, 6) is 1.46. The van der Waals surface area contributed by atoms with E-state index >= 15 is 0 Å². The van der Waals surface area contributed by atoms with Gasteiger partial charge in [-0.2, -0.15) is 0 Å². The van der Waals surface area contributed by atoms with E-state index < -0.39 is 0 Å². The Hall–Kier alpha value is -0.960. The van der Waals surface area contributed by atoms with Gasteiger partial charge in [-0.3, -0.25) is 9.97 Å². The molecule has 0 aliphatic heterocycles. The first-order valence-corrected chi connectivity index (χ1v) is 4.84. The van der Waals surface area contributed by atoms with Crippen LogP contribution < -0.4 is 5.73 Å². The highest BCUT2D eigenvalue weighted by Crippen LogP contribution is 2.47. The lowest BCUT2D eigenvalue weighted by atomic mass is 10.1. The first kappa shape index (κ1) is 8.63. The van der Waals surface area contributed by atoms with Gasteiger partial charge < -0.3 is 5.73 Å². The van der Waals surface area contributed by atoms with E-state index in [9.17, 15) is 0 Å². The Balaban J connectivity index is 2.03. The van der Waals surface area contributed by atoms with Crippen molar-refractivity contribution >= 4 is 0 Å². The molecule has 2 N–H and O–H groups in total. The second-order valence-corrected chi connectivity index (χ2v) is 3.72. The Bertz CT molecular complexity index is 273. The molecule has 70 valence electrons. The van der Waals surface area contributed by atoms with Gasteiger partial charge >= 0.3 is 0 Å². The van der Waals surface area contributed by atoms with Crippen LogP contribution >= 0.6 is 0 Å². The Kier molecular flexibility index (Phi) is 2.27. The molecule has 3 nitrogen and oxygen atoms in total. The molecule has 13 heavy (non-hydrogen) atoms. The standard InChI is InChI=1S/C10H15N3/c1-2-7-5-8(7)10(11)9-6-12-3-4-13-9/h3-4,6-8,10H,2,5,11H2,1H3/t7-,8-,10?/m1/s1. The predicted octanol–water partition coefficient (Wildman–Crippen LogP) is 1.52. The molecular weight excluding hydrogens is 162 g/mol. The number of aromatic nitrogens is 2. The lowest BCUT2D eigenvalue weighted by Crippen LogP contribution is -2.15. The van der Waals surface area contributed by atoms with Crippen molar-refractivity contribution in [2.45, 2.75) is 25.8 Å². The molecule has 1 saturated carbocycles. The van der Waals surface area contributed by atoms with Gasteiger partial charge in [0.15, 0.2) is 0 Å². The van der Waals surface area contributed by atoms with Crippen molar-refractivity contribution in [3.8, 4) is 0 Å². The molecule has 0 spiro atoms. The summed E-state index contributed by atoms with van der Waals surface area (Å²) in [7, 11) is 0. The molecule has 1 aromatic heterocycles. The molecule has 1 unspecified atom stereocenters. The number of hydrogen-bond donors (Lipinski definition) is 1. The van der Waals surface area contributed by atoms with Gasteiger partial charge in [0.1, 0.15) is 0 Å². The molecule has 1 aliphatic rings. The highest BCUT2D eigenvalue weighted by atomic mass is 14.8. The van der Waals surface area contributed by atoms with E-state index in [1.54, 1.807) is 18.6 Å². The van der Waals surface area contributed by atoms with E-state index in [1.165, 1.54) is 12.8 Å². The molecule has 0 bridgehead atoms. The minimum absolute atomic E-state index is 0.0960. The van der Waals surface area contributed by atoms with Crippen molar-refractivity contribution in [2.75, 3.05) is 0 Å². The Morgan fingerprint density at radius 1 is 1.62 bits per heavy atom. The predicted molar refractivity (Wildman–Crippen MR) is 50.8 cm³/mol. The molecular formula is C10H15N3.